The van der Waals surface area contributed by atoms with Crippen molar-refractivity contribution >= 4 is 40.0 Å². The Hall–Kier alpha value is -3.91. The lowest BCUT2D eigenvalue weighted by Gasteiger charge is -2.07. The third kappa shape index (κ3) is 4.39. The lowest BCUT2D eigenvalue weighted by molar-refractivity contribution is -0.384. The summed E-state index contributed by atoms with van der Waals surface area (Å²) in [5.74, 6) is 0.401. The van der Waals surface area contributed by atoms with Crippen molar-refractivity contribution in [3.05, 3.63) is 81.9 Å². The van der Waals surface area contributed by atoms with Crippen molar-refractivity contribution in [1.29, 1.82) is 0 Å². The molecule has 4 aromatic rings. The van der Waals surface area contributed by atoms with Gasteiger partial charge in [0, 0.05) is 28.4 Å². The zero-order valence-electron chi connectivity index (χ0n) is 15.4. The van der Waals surface area contributed by atoms with Crippen LogP contribution in [-0.4, -0.2) is 22.4 Å². The van der Waals surface area contributed by atoms with Crippen molar-refractivity contribution in [2.45, 2.75) is 0 Å². The molecule has 0 aliphatic heterocycles. The third-order valence-corrected chi connectivity index (χ3v) is 4.40. The van der Waals surface area contributed by atoms with Crippen LogP contribution in [0, 0.1) is 10.1 Å². The molecule has 9 heteroatoms. The lowest BCUT2D eigenvalue weighted by atomic mass is 10.2. The zero-order valence-corrected chi connectivity index (χ0v) is 16.1. The van der Waals surface area contributed by atoms with E-state index < -0.39 is 4.92 Å². The summed E-state index contributed by atoms with van der Waals surface area (Å²) in [6, 6.07) is 17.8. The summed E-state index contributed by atoms with van der Waals surface area (Å²) in [6.45, 7) is -0.248. The van der Waals surface area contributed by atoms with Gasteiger partial charge >= 0.3 is 0 Å². The van der Waals surface area contributed by atoms with Crippen LogP contribution in [0.4, 0.5) is 11.4 Å². The molecule has 0 atom stereocenters. The number of nitrogens with one attached hydrogen (secondary N) is 1. The minimum absolute atomic E-state index is 0.0511. The molecule has 0 spiro atoms. The molecular formula is C21H14ClN3O5. The number of carbonyl (C=O) groups excluding carboxylic acids is 1. The molecule has 1 aromatic heterocycles. The standard InChI is InChI=1S/C21H14ClN3O5/c22-14-3-1-2-13(10-14)21-24-18-11-15(4-9-19(18)30-21)23-20(26)12-29-17-7-5-16(6-8-17)25(27)28/h1-11H,12H2,(H,23,26). The van der Waals surface area contributed by atoms with Gasteiger partial charge in [-0.05, 0) is 48.5 Å². The number of halogens is 1. The average molecular weight is 424 g/mol. The van der Waals surface area contributed by atoms with Crippen LogP contribution in [0.2, 0.25) is 5.02 Å². The number of fused-ring (bicyclic) bond motifs is 1. The molecule has 0 fully saturated rings. The second-order valence-corrected chi connectivity index (χ2v) is 6.74. The molecule has 0 unspecified atom stereocenters. The highest BCUT2D eigenvalue weighted by molar-refractivity contribution is 6.30. The topological polar surface area (TPSA) is 108 Å². The predicted molar refractivity (Wildman–Crippen MR) is 112 cm³/mol. The van der Waals surface area contributed by atoms with Crippen LogP contribution < -0.4 is 10.1 Å². The van der Waals surface area contributed by atoms with Crippen molar-refractivity contribution in [1.82, 2.24) is 4.98 Å². The van der Waals surface area contributed by atoms with Gasteiger partial charge in [0.15, 0.2) is 12.2 Å². The Kier molecular flexibility index (Phi) is 5.32. The number of hydrogen-bond donors (Lipinski definition) is 1. The van der Waals surface area contributed by atoms with Crippen molar-refractivity contribution in [3.63, 3.8) is 0 Å². The van der Waals surface area contributed by atoms with Crippen LogP contribution in [0.5, 0.6) is 5.75 Å². The van der Waals surface area contributed by atoms with Crippen LogP contribution in [0.25, 0.3) is 22.6 Å². The Morgan fingerprint density at radius 2 is 1.93 bits per heavy atom. The number of benzene rings is 3. The number of non-ortho nitro benzene ring substituents is 1. The highest BCUT2D eigenvalue weighted by atomic mass is 35.5. The number of oxazole rings is 1. The van der Waals surface area contributed by atoms with E-state index in [1.165, 1.54) is 24.3 Å². The van der Waals surface area contributed by atoms with E-state index in [4.69, 9.17) is 20.8 Å². The first-order chi connectivity index (χ1) is 14.5. The highest BCUT2D eigenvalue weighted by Gasteiger charge is 2.11. The molecule has 0 radical (unpaired) electrons. The molecular weight excluding hydrogens is 410 g/mol. The van der Waals surface area contributed by atoms with Crippen molar-refractivity contribution < 1.29 is 18.9 Å². The number of nitro benzene ring substituents is 1. The molecule has 0 saturated heterocycles. The maximum Gasteiger partial charge on any atom is 0.269 e. The van der Waals surface area contributed by atoms with Gasteiger partial charge in [0.2, 0.25) is 5.89 Å². The maximum absolute atomic E-state index is 12.2. The number of hydrogen-bond acceptors (Lipinski definition) is 6. The first-order valence-corrected chi connectivity index (χ1v) is 9.19. The molecule has 30 heavy (non-hydrogen) atoms. The number of amides is 1. The second-order valence-electron chi connectivity index (χ2n) is 6.30. The van der Waals surface area contributed by atoms with Gasteiger partial charge < -0.3 is 14.5 Å². The number of anilines is 1. The Bertz CT molecular complexity index is 1240. The largest absolute Gasteiger partial charge is 0.484 e. The lowest BCUT2D eigenvalue weighted by Crippen LogP contribution is -2.20. The fourth-order valence-electron chi connectivity index (χ4n) is 2.76. The van der Waals surface area contributed by atoms with Crippen LogP contribution in [0.3, 0.4) is 0 Å². The van der Waals surface area contributed by atoms with Crippen molar-refractivity contribution in [2.24, 2.45) is 0 Å². The molecule has 0 saturated carbocycles. The van der Waals surface area contributed by atoms with E-state index in [2.05, 4.69) is 10.3 Å². The highest BCUT2D eigenvalue weighted by Crippen LogP contribution is 2.27. The first-order valence-electron chi connectivity index (χ1n) is 8.81. The van der Waals surface area contributed by atoms with Gasteiger partial charge in [0.05, 0.1) is 4.92 Å². The Balaban J connectivity index is 1.42. The Morgan fingerprint density at radius 3 is 2.67 bits per heavy atom. The molecule has 8 nitrogen and oxygen atoms in total. The monoisotopic (exact) mass is 423 g/mol. The zero-order chi connectivity index (χ0) is 21.1. The number of nitrogens with zero attached hydrogens (tertiary/aromatic N) is 2. The number of carbonyl (C=O) groups is 1. The molecule has 0 aliphatic carbocycles. The van der Waals surface area contributed by atoms with Crippen LogP contribution >= 0.6 is 11.6 Å². The van der Waals surface area contributed by atoms with Gasteiger partial charge in [-0.2, -0.15) is 0 Å². The summed E-state index contributed by atoms with van der Waals surface area (Å²) < 4.78 is 11.1. The Labute approximate surface area is 175 Å². The van der Waals surface area contributed by atoms with E-state index in [9.17, 15) is 14.9 Å². The molecule has 4 rings (SSSR count). The van der Waals surface area contributed by atoms with Gasteiger partial charge in [0.1, 0.15) is 11.3 Å². The number of nitro groups is 1. The van der Waals surface area contributed by atoms with Gasteiger partial charge in [-0.1, -0.05) is 17.7 Å². The number of rotatable bonds is 6. The average Bonchev–Trinajstić information content (AvgIpc) is 3.16. The second kappa shape index (κ2) is 8.22. The van der Waals surface area contributed by atoms with Gasteiger partial charge in [-0.15, -0.1) is 0 Å². The van der Waals surface area contributed by atoms with E-state index in [0.717, 1.165) is 5.56 Å². The normalized spacial score (nSPS) is 10.7. The predicted octanol–water partition coefficient (Wildman–Crippen LogP) is 5.07. The van der Waals surface area contributed by atoms with E-state index in [1.807, 2.05) is 12.1 Å². The SMILES string of the molecule is O=C(COc1ccc([N+](=O)[O-])cc1)Nc1ccc2oc(-c3cccc(Cl)c3)nc2c1. The molecule has 1 N–H and O–H groups in total. The molecule has 3 aromatic carbocycles. The first kappa shape index (κ1) is 19.4. The molecule has 0 aliphatic rings. The van der Waals surface area contributed by atoms with Crippen LogP contribution in [0.15, 0.2) is 71.1 Å². The quantitative estimate of drug-likeness (QED) is 0.342. The smallest absolute Gasteiger partial charge is 0.269 e. The van der Waals surface area contributed by atoms with Crippen molar-refractivity contribution in [2.75, 3.05) is 11.9 Å². The van der Waals surface area contributed by atoms with Crippen molar-refractivity contribution in [3.8, 4) is 17.2 Å². The molecule has 0 bridgehead atoms. The van der Waals surface area contributed by atoms with Gasteiger partial charge in [0.25, 0.3) is 11.6 Å². The summed E-state index contributed by atoms with van der Waals surface area (Å²) >= 11 is 6.01. The van der Waals surface area contributed by atoms with Crippen LogP contribution in [0.1, 0.15) is 0 Å². The molecule has 1 amide bonds. The maximum atomic E-state index is 12.2. The summed E-state index contributed by atoms with van der Waals surface area (Å²) in [4.78, 5) is 26.8. The minimum atomic E-state index is -0.506. The summed E-state index contributed by atoms with van der Waals surface area (Å²) in [7, 11) is 0. The van der Waals surface area contributed by atoms with Crippen LogP contribution in [-0.2, 0) is 4.79 Å². The summed E-state index contributed by atoms with van der Waals surface area (Å²) in [5, 5.41) is 14.0. The van der Waals surface area contributed by atoms with Gasteiger partial charge in [-0.3, -0.25) is 14.9 Å². The van der Waals surface area contributed by atoms with Gasteiger partial charge in [-0.25, -0.2) is 4.98 Å². The third-order valence-electron chi connectivity index (χ3n) is 4.16. The number of aromatic nitrogens is 1. The van der Waals surface area contributed by atoms with E-state index in [1.54, 1.807) is 30.3 Å². The van der Waals surface area contributed by atoms with E-state index in [-0.39, 0.29) is 18.2 Å². The number of ether oxygens (including phenoxy) is 1. The molecule has 1 heterocycles. The van der Waals surface area contributed by atoms with E-state index in [0.29, 0.717) is 33.4 Å². The summed E-state index contributed by atoms with van der Waals surface area (Å²) in [6.07, 6.45) is 0. The minimum Gasteiger partial charge on any atom is -0.484 e. The van der Waals surface area contributed by atoms with E-state index >= 15 is 0 Å². The Morgan fingerprint density at radius 1 is 1.13 bits per heavy atom. The fourth-order valence-corrected chi connectivity index (χ4v) is 2.95. The summed E-state index contributed by atoms with van der Waals surface area (Å²) in [5.41, 5.74) is 2.39. The molecule has 150 valence electrons. The fraction of sp³-hybridized carbons (Fsp3) is 0.0476.